The summed E-state index contributed by atoms with van der Waals surface area (Å²) in [6, 6.07) is 11.6. The fourth-order valence-electron chi connectivity index (χ4n) is 3.18. The van der Waals surface area contributed by atoms with E-state index >= 15 is 0 Å². The number of nitrogens with one attached hydrogen (secondary N) is 2. The minimum atomic E-state index is -0.677. The van der Waals surface area contributed by atoms with Crippen LogP contribution < -0.4 is 20.1 Å². The summed E-state index contributed by atoms with van der Waals surface area (Å²) in [4.78, 5) is 24.5. The van der Waals surface area contributed by atoms with Crippen molar-refractivity contribution in [2.24, 2.45) is 0 Å². The van der Waals surface area contributed by atoms with E-state index in [0.29, 0.717) is 33.4 Å². The van der Waals surface area contributed by atoms with Gasteiger partial charge in [-0.2, -0.15) is 0 Å². The van der Waals surface area contributed by atoms with Gasteiger partial charge in [-0.05, 0) is 37.6 Å². The van der Waals surface area contributed by atoms with Crippen LogP contribution >= 0.6 is 11.6 Å². The van der Waals surface area contributed by atoms with Gasteiger partial charge in [0.15, 0.2) is 11.5 Å². The van der Waals surface area contributed by atoms with E-state index in [9.17, 15) is 9.59 Å². The lowest BCUT2D eigenvalue weighted by molar-refractivity contribution is -0.139. The minimum Gasteiger partial charge on any atom is -0.493 e. The molecule has 0 saturated carbocycles. The van der Waals surface area contributed by atoms with Crippen LogP contribution in [0, 0.1) is 0 Å². The lowest BCUT2D eigenvalue weighted by Gasteiger charge is -2.28. The molecule has 30 heavy (non-hydrogen) atoms. The molecule has 2 amide bonds. The molecule has 1 aliphatic rings. The summed E-state index contributed by atoms with van der Waals surface area (Å²) in [6.45, 7) is 3.89. The summed E-state index contributed by atoms with van der Waals surface area (Å²) in [5.41, 5.74) is 2.29. The van der Waals surface area contributed by atoms with Gasteiger partial charge in [0, 0.05) is 16.3 Å². The number of hydrogen-bond donors (Lipinski definition) is 2. The van der Waals surface area contributed by atoms with Crippen molar-refractivity contribution < 1.29 is 23.8 Å². The van der Waals surface area contributed by atoms with E-state index < -0.39 is 18.0 Å². The van der Waals surface area contributed by atoms with Crippen molar-refractivity contribution in [3.8, 4) is 11.5 Å². The zero-order valence-electron chi connectivity index (χ0n) is 17.0. The van der Waals surface area contributed by atoms with E-state index in [2.05, 4.69) is 10.6 Å². The highest BCUT2D eigenvalue weighted by molar-refractivity contribution is 6.31. The van der Waals surface area contributed by atoms with Crippen molar-refractivity contribution >= 4 is 23.6 Å². The second-order valence-corrected chi connectivity index (χ2v) is 6.99. The quantitative estimate of drug-likeness (QED) is 0.645. The molecule has 7 nitrogen and oxygen atoms in total. The van der Waals surface area contributed by atoms with Gasteiger partial charge < -0.3 is 24.8 Å². The first kappa shape index (κ1) is 21.5. The molecule has 3 rings (SSSR count). The fourth-order valence-corrected chi connectivity index (χ4v) is 3.37. The van der Waals surface area contributed by atoms with E-state index in [1.165, 1.54) is 7.11 Å². The molecule has 2 N–H and O–H groups in total. The Bertz CT molecular complexity index is 989. The number of amides is 2. The van der Waals surface area contributed by atoms with Gasteiger partial charge in [-0.15, -0.1) is 0 Å². The van der Waals surface area contributed by atoms with Crippen LogP contribution in [0.25, 0.3) is 0 Å². The summed E-state index contributed by atoms with van der Waals surface area (Å²) in [7, 11) is 1.52. The number of ether oxygens (including phenoxy) is 3. The predicted octanol–water partition coefficient (Wildman–Crippen LogP) is 4.12. The summed E-state index contributed by atoms with van der Waals surface area (Å²) in [5, 5.41) is 5.99. The molecule has 0 radical (unpaired) electrons. The molecule has 1 atom stereocenters. The van der Waals surface area contributed by atoms with E-state index in [0.717, 1.165) is 5.56 Å². The number of methoxy groups -OCH3 is 1. The smallest absolute Gasteiger partial charge is 0.338 e. The highest BCUT2D eigenvalue weighted by atomic mass is 35.5. The summed E-state index contributed by atoms with van der Waals surface area (Å²) >= 11 is 6.18. The lowest BCUT2D eigenvalue weighted by atomic mass is 9.95. The van der Waals surface area contributed by atoms with Crippen LogP contribution in [-0.2, 0) is 16.1 Å². The number of carbonyl (C=O) groups excluding carboxylic acids is 2. The van der Waals surface area contributed by atoms with Crippen molar-refractivity contribution in [2.75, 3.05) is 13.7 Å². The number of rotatable bonds is 7. The third kappa shape index (κ3) is 4.68. The molecule has 8 heteroatoms. The van der Waals surface area contributed by atoms with Gasteiger partial charge in [-0.3, -0.25) is 0 Å². The zero-order valence-corrected chi connectivity index (χ0v) is 17.7. The molecule has 158 valence electrons. The molecule has 2 aromatic carbocycles. The van der Waals surface area contributed by atoms with E-state index in [4.69, 9.17) is 25.8 Å². The van der Waals surface area contributed by atoms with Crippen LogP contribution in [0.2, 0.25) is 5.02 Å². The first-order valence-corrected chi connectivity index (χ1v) is 9.82. The lowest BCUT2D eigenvalue weighted by Crippen LogP contribution is -2.45. The molecule has 1 aliphatic heterocycles. The van der Waals surface area contributed by atoms with Gasteiger partial charge in [-0.1, -0.05) is 35.9 Å². The van der Waals surface area contributed by atoms with Crippen molar-refractivity contribution in [1.29, 1.82) is 0 Å². The second-order valence-electron chi connectivity index (χ2n) is 6.58. The molecular weight excluding hydrogens is 408 g/mol. The third-order valence-electron chi connectivity index (χ3n) is 4.63. The number of allylic oxidation sites excluding steroid dienone is 1. The van der Waals surface area contributed by atoms with Crippen molar-refractivity contribution in [1.82, 2.24) is 10.6 Å². The Kier molecular flexibility index (Phi) is 6.84. The van der Waals surface area contributed by atoms with Crippen molar-refractivity contribution in [3.63, 3.8) is 0 Å². The summed E-state index contributed by atoms with van der Waals surface area (Å²) < 4.78 is 16.5. The molecule has 0 aliphatic carbocycles. The first-order chi connectivity index (χ1) is 14.4. The molecule has 0 aromatic heterocycles. The van der Waals surface area contributed by atoms with E-state index in [1.807, 2.05) is 18.2 Å². The molecule has 0 bridgehead atoms. The number of benzene rings is 2. The molecule has 0 saturated heterocycles. The van der Waals surface area contributed by atoms with Gasteiger partial charge >= 0.3 is 12.0 Å². The van der Waals surface area contributed by atoms with Gasteiger partial charge in [0.25, 0.3) is 0 Å². The third-order valence-corrected chi connectivity index (χ3v) is 5.00. The average molecular weight is 431 g/mol. The second kappa shape index (κ2) is 9.54. The molecular formula is C22H23ClN2O5. The van der Waals surface area contributed by atoms with Crippen LogP contribution in [-0.4, -0.2) is 25.7 Å². The standard InChI is InChI=1S/C22H23ClN2O5/c1-4-29-21(26)19-13(2)24-22(27)25-20(19)14-9-10-17(18(11-14)28-3)30-12-15-7-5-6-8-16(15)23/h5-11,20H,4,12H2,1-3H3,(H2,24,25,27). The van der Waals surface area contributed by atoms with Crippen LogP contribution in [0.15, 0.2) is 53.7 Å². The van der Waals surface area contributed by atoms with Crippen molar-refractivity contribution in [3.05, 3.63) is 69.9 Å². The zero-order chi connectivity index (χ0) is 21.7. The Labute approximate surface area is 180 Å². The maximum atomic E-state index is 12.5. The topological polar surface area (TPSA) is 85.9 Å². The largest absolute Gasteiger partial charge is 0.493 e. The molecule has 2 aromatic rings. The molecule has 1 unspecified atom stereocenters. The van der Waals surface area contributed by atoms with Gasteiger partial charge in [0.2, 0.25) is 0 Å². The fraction of sp³-hybridized carbons (Fsp3) is 0.273. The minimum absolute atomic E-state index is 0.231. The Morgan fingerprint density at radius 2 is 1.93 bits per heavy atom. The number of hydrogen-bond acceptors (Lipinski definition) is 5. The van der Waals surface area contributed by atoms with Gasteiger partial charge in [0.05, 0.1) is 25.3 Å². The van der Waals surface area contributed by atoms with Crippen LogP contribution in [0.4, 0.5) is 4.79 Å². The van der Waals surface area contributed by atoms with Crippen molar-refractivity contribution in [2.45, 2.75) is 26.5 Å². The van der Waals surface area contributed by atoms with Crippen LogP contribution in [0.5, 0.6) is 11.5 Å². The average Bonchev–Trinajstić information content (AvgIpc) is 2.72. The Hall–Kier alpha value is -3.19. The monoisotopic (exact) mass is 430 g/mol. The van der Waals surface area contributed by atoms with E-state index in [1.54, 1.807) is 38.1 Å². The summed E-state index contributed by atoms with van der Waals surface area (Å²) in [5.74, 6) is 0.485. The number of halogens is 1. The SMILES string of the molecule is CCOC(=O)C1=C(C)NC(=O)NC1c1ccc(OCc2ccccc2Cl)c(OC)c1. The highest BCUT2D eigenvalue weighted by Crippen LogP contribution is 2.35. The highest BCUT2D eigenvalue weighted by Gasteiger charge is 2.32. The first-order valence-electron chi connectivity index (χ1n) is 9.44. The normalized spacial score (nSPS) is 15.9. The van der Waals surface area contributed by atoms with Gasteiger partial charge in [-0.25, -0.2) is 9.59 Å². The molecule has 0 spiro atoms. The number of esters is 1. The van der Waals surface area contributed by atoms with Crippen LogP contribution in [0.1, 0.15) is 31.0 Å². The molecule has 0 fully saturated rings. The van der Waals surface area contributed by atoms with E-state index in [-0.39, 0.29) is 13.2 Å². The number of urea groups is 1. The maximum absolute atomic E-state index is 12.5. The van der Waals surface area contributed by atoms with Gasteiger partial charge in [0.1, 0.15) is 6.61 Å². The number of carbonyl (C=O) groups is 2. The molecule has 1 heterocycles. The Morgan fingerprint density at radius 1 is 1.17 bits per heavy atom. The maximum Gasteiger partial charge on any atom is 0.338 e. The predicted molar refractivity (Wildman–Crippen MR) is 113 cm³/mol. The Morgan fingerprint density at radius 3 is 2.63 bits per heavy atom. The Balaban J connectivity index is 1.89. The van der Waals surface area contributed by atoms with Crippen LogP contribution in [0.3, 0.4) is 0 Å². The summed E-state index contributed by atoms with van der Waals surface area (Å²) in [6.07, 6.45) is 0.